The van der Waals surface area contributed by atoms with E-state index < -0.39 is 0 Å². The summed E-state index contributed by atoms with van der Waals surface area (Å²) in [6.07, 6.45) is 5.00. The Morgan fingerprint density at radius 1 is 1.14 bits per heavy atom. The Bertz CT molecular complexity index is 800. The number of aryl methyl sites for hydroxylation is 1. The van der Waals surface area contributed by atoms with Crippen molar-refractivity contribution in [3.05, 3.63) is 53.6 Å². The standard InChI is InChI=1S/C23H35N5O/c1-19-24-9-11-28(19)18-21-7-5-6-20(16-21)17-25-22(29)27-14-12-26(13-15-27)10-8-23(2,3)4/h5-7,9,11,16H,8,10,12-15,17-18H2,1-4H3,(H,25,29). The molecule has 1 fully saturated rings. The van der Waals surface area contributed by atoms with Crippen LogP contribution >= 0.6 is 0 Å². The van der Waals surface area contributed by atoms with Crippen LogP contribution in [0.5, 0.6) is 0 Å². The molecule has 6 nitrogen and oxygen atoms in total. The van der Waals surface area contributed by atoms with Crippen molar-refractivity contribution < 1.29 is 4.79 Å². The van der Waals surface area contributed by atoms with Crippen molar-refractivity contribution in [1.29, 1.82) is 0 Å². The molecule has 1 aliphatic heterocycles. The van der Waals surface area contributed by atoms with Crippen LogP contribution in [-0.2, 0) is 13.1 Å². The summed E-state index contributed by atoms with van der Waals surface area (Å²) < 4.78 is 2.12. The zero-order valence-corrected chi connectivity index (χ0v) is 18.3. The normalized spacial score (nSPS) is 15.5. The molecule has 0 saturated carbocycles. The number of imidazole rings is 1. The van der Waals surface area contributed by atoms with Crippen LogP contribution in [0.1, 0.15) is 44.1 Å². The fourth-order valence-corrected chi connectivity index (χ4v) is 3.56. The third kappa shape index (κ3) is 6.60. The molecule has 0 bridgehead atoms. The number of hydrogen-bond acceptors (Lipinski definition) is 3. The maximum Gasteiger partial charge on any atom is 0.317 e. The van der Waals surface area contributed by atoms with Gasteiger partial charge in [0.1, 0.15) is 5.82 Å². The first-order chi connectivity index (χ1) is 13.8. The number of hydrogen-bond donors (Lipinski definition) is 1. The lowest BCUT2D eigenvalue weighted by molar-refractivity contribution is 0.129. The van der Waals surface area contributed by atoms with Crippen molar-refractivity contribution in [1.82, 2.24) is 24.7 Å². The Hall–Kier alpha value is -2.34. The third-order valence-corrected chi connectivity index (χ3v) is 5.55. The van der Waals surface area contributed by atoms with Crippen LogP contribution in [0.3, 0.4) is 0 Å². The fraction of sp³-hybridized carbons (Fsp3) is 0.565. The van der Waals surface area contributed by atoms with Crippen molar-refractivity contribution in [2.75, 3.05) is 32.7 Å². The van der Waals surface area contributed by atoms with Gasteiger partial charge in [0, 0.05) is 51.7 Å². The summed E-state index contributed by atoms with van der Waals surface area (Å²) in [5.41, 5.74) is 2.70. The highest BCUT2D eigenvalue weighted by molar-refractivity contribution is 5.74. The molecule has 0 spiro atoms. The highest BCUT2D eigenvalue weighted by atomic mass is 16.2. The van der Waals surface area contributed by atoms with Crippen molar-refractivity contribution in [3.63, 3.8) is 0 Å². The molecule has 2 aromatic rings. The summed E-state index contributed by atoms with van der Waals surface area (Å²) in [5, 5.41) is 3.09. The van der Waals surface area contributed by atoms with Crippen molar-refractivity contribution in [2.45, 2.75) is 47.2 Å². The van der Waals surface area contributed by atoms with Crippen molar-refractivity contribution in [3.8, 4) is 0 Å². The first-order valence-electron chi connectivity index (χ1n) is 10.6. The minimum atomic E-state index is 0.0383. The molecule has 1 saturated heterocycles. The predicted octanol–water partition coefficient (Wildman–Crippen LogP) is 3.50. The van der Waals surface area contributed by atoms with Gasteiger partial charge < -0.3 is 14.8 Å². The molecule has 3 rings (SSSR count). The van der Waals surface area contributed by atoms with Gasteiger partial charge in [-0.2, -0.15) is 0 Å². The molecule has 0 atom stereocenters. The number of urea groups is 1. The summed E-state index contributed by atoms with van der Waals surface area (Å²) in [6.45, 7) is 14.8. The van der Waals surface area contributed by atoms with Gasteiger partial charge in [0.25, 0.3) is 0 Å². The Labute approximate surface area is 174 Å². The lowest BCUT2D eigenvalue weighted by Crippen LogP contribution is -2.51. The van der Waals surface area contributed by atoms with Gasteiger partial charge in [-0.3, -0.25) is 4.90 Å². The SMILES string of the molecule is Cc1nccn1Cc1cccc(CNC(=O)N2CCN(CCC(C)(C)C)CC2)c1. The Balaban J connectivity index is 1.44. The molecule has 0 radical (unpaired) electrons. The van der Waals surface area contributed by atoms with Crippen LogP contribution in [-0.4, -0.2) is 58.1 Å². The minimum absolute atomic E-state index is 0.0383. The Kier molecular flexibility index (Phi) is 6.96. The minimum Gasteiger partial charge on any atom is -0.334 e. The average molecular weight is 398 g/mol. The largest absolute Gasteiger partial charge is 0.334 e. The van der Waals surface area contributed by atoms with E-state index in [2.05, 4.69) is 64.8 Å². The highest BCUT2D eigenvalue weighted by Gasteiger charge is 2.22. The van der Waals surface area contributed by atoms with Gasteiger partial charge in [-0.25, -0.2) is 9.78 Å². The monoisotopic (exact) mass is 397 g/mol. The second-order valence-corrected chi connectivity index (χ2v) is 9.22. The average Bonchev–Trinajstić information content (AvgIpc) is 3.09. The molecule has 0 unspecified atom stereocenters. The first-order valence-corrected chi connectivity index (χ1v) is 10.6. The van der Waals surface area contributed by atoms with Crippen molar-refractivity contribution >= 4 is 6.03 Å². The van der Waals surface area contributed by atoms with Crippen LogP contribution in [0.15, 0.2) is 36.7 Å². The second-order valence-electron chi connectivity index (χ2n) is 9.22. The molecule has 6 heteroatoms. The Morgan fingerprint density at radius 3 is 2.52 bits per heavy atom. The van der Waals surface area contributed by atoms with E-state index in [1.165, 1.54) is 12.0 Å². The second kappa shape index (κ2) is 9.44. The van der Waals surface area contributed by atoms with Crippen LogP contribution in [0.25, 0.3) is 0 Å². The Morgan fingerprint density at radius 2 is 1.86 bits per heavy atom. The number of nitrogens with one attached hydrogen (secondary N) is 1. The molecular formula is C23H35N5O. The van der Waals surface area contributed by atoms with E-state index in [0.717, 1.165) is 50.7 Å². The third-order valence-electron chi connectivity index (χ3n) is 5.55. The van der Waals surface area contributed by atoms with Gasteiger partial charge in [0.2, 0.25) is 0 Å². The lowest BCUT2D eigenvalue weighted by atomic mass is 9.92. The highest BCUT2D eigenvalue weighted by Crippen LogP contribution is 2.19. The molecule has 2 heterocycles. The predicted molar refractivity (Wildman–Crippen MR) is 117 cm³/mol. The molecule has 2 amide bonds. The van der Waals surface area contributed by atoms with Crippen LogP contribution in [0.4, 0.5) is 4.79 Å². The van der Waals surface area contributed by atoms with Crippen LogP contribution < -0.4 is 5.32 Å². The topological polar surface area (TPSA) is 53.4 Å². The maximum absolute atomic E-state index is 12.6. The van der Waals surface area contributed by atoms with Gasteiger partial charge in [-0.1, -0.05) is 45.0 Å². The zero-order valence-electron chi connectivity index (χ0n) is 18.3. The summed E-state index contributed by atoms with van der Waals surface area (Å²) in [6, 6.07) is 8.42. The van der Waals surface area contributed by atoms with E-state index in [0.29, 0.717) is 12.0 Å². The van der Waals surface area contributed by atoms with Gasteiger partial charge in [-0.05, 0) is 36.4 Å². The summed E-state index contributed by atoms with van der Waals surface area (Å²) in [7, 11) is 0. The van der Waals surface area contributed by atoms with Crippen LogP contribution in [0, 0.1) is 12.3 Å². The van der Waals surface area contributed by atoms with E-state index in [1.807, 2.05) is 24.2 Å². The van der Waals surface area contributed by atoms with E-state index >= 15 is 0 Å². The van der Waals surface area contributed by atoms with Gasteiger partial charge in [0.05, 0.1) is 0 Å². The summed E-state index contributed by atoms with van der Waals surface area (Å²) in [5.74, 6) is 1.00. The van der Waals surface area contributed by atoms with Crippen LogP contribution in [0.2, 0.25) is 0 Å². The number of benzene rings is 1. The number of piperazine rings is 1. The first kappa shape index (κ1) is 21.4. The molecule has 29 heavy (non-hydrogen) atoms. The van der Waals surface area contributed by atoms with E-state index in [1.54, 1.807) is 0 Å². The molecule has 1 aromatic heterocycles. The number of nitrogens with zero attached hydrogens (tertiary/aromatic N) is 4. The van der Waals surface area contributed by atoms with Gasteiger partial charge >= 0.3 is 6.03 Å². The summed E-state index contributed by atoms with van der Waals surface area (Å²) >= 11 is 0. The number of carbonyl (C=O) groups excluding carboxylic acids is 1. The zero-order chi connectivity index (χ0) is 20.9. The molecular weight excluding hydrogens is 362 g/mol. The van der Waals surface area contributed by atoms with Gasteiger partial charge in [-0.15, -0.1) is 0 Å². The van der Waals surface area contributed by atoms with E-state index in [9.17, 15) is 4.79 Å². The van der Waals surface area contributed by atoms with Crippen molar-refractivity contribution in [2.24, 2.45) is 5.41 Å². The molecule has 1 N–H and O–H groups in total. The lowest BCUT2D eigenvalue weighted by Gasteiger charge is -2.35. The molecule has 158 valence electrons. The molecule has 1 aromatic carbocycles. The van der Waals surface area contributed by atoms with E-state index in [4.69, 9.17) is 0 Å². The van der Waals surface area contributed by atoms with E-state index in [-0.39, 0.29) is 6.03 Å². The smallest absolute Gasteiger partial charge is 0.317 e. The quantitative estimate of drug-likeness (QED) is 0.812. The maximum atomic E-state index is 12.6. The molecule has 1 aliphatic rings. The number of rotatable bonds is 6. The number of carbonyl (C=O) groups is 1. The summed E-state index contributed by atoms with van der Waals surface area (Å²) in [4.78, 5) is 21.2. The number of amides is 2. The fourth-order valence-electron chi connectivity index (χ4n) is 3.56. The van der Waals surface area contributed by atoms with Gasteiger partial charge in [0.15, 0.2) is 0 Å². The molecule has 0 aliphatic carbocycles. The number of aromatic nitrogens is 2.